The molecular weight excluding hydrogens is 209 g/mol. The van der Waals surface area contributed by atoms with Gasteiger partial charge in [-0.05, 0) is 0 Å². The van der Waals surface area contributed by atoms with Gasteiger partial charge in [-0.15, -0.1) is 0 Å². The van der Waals surface area contributed by atoms with E-state index in [-0.39, 0.29) is 44.2 Å². The average molecular weight is 211 g/mol. The summed E-state index contributed by atoms with van der Waals surface area (Å²) < 4.78 is 0. The number of hydrogen-bond acceptors (Lipinski definition) is 1. The van der Waals surface area contributed by atoms with Crippen LogP contribution >= 0.6 is 0 Å². The van der Waals surface area contributed by atoms with Crippen molar-refractivity contribution in [3.63, 3.8) is 0 Å². The van der Waals surface area contributed by atoms with Gasteiger partial charge < -0.3 is 5.11 Å². The number of hydrogen-bond donors (Lipinski definition) is 1. The molecule has 0 rings (SSSR count). The second kappa shape index (κ2) is 9.29. The van der Waals surface area contributed by atoms with Gasteiger partial charge in [0, 0.05) is 37.7 Å². The molecule has 0 aliphatic rings. The summed E-state index contributed by atoms with van der Waals surface area (Å²) in [7, 11) is 0. The molecule has 0 atom stereocenters. The molecule has 0 heterocycles. The molecule has 29 valence electrons. The Bertz CT molecular complexity index is 13.5. The Morgan fingerprint density at radius 3 is 1.75 bits per heavy atom. The minimum Gasteiger partial charge on any atom is -0.483 e. The summed E-state index contributed by atoms with van der Waals surface area (Å²) in [5.41, 5.74) is 0. The van der Waals surface area contributed by atoms with Gasteiger partial charge in [-0.1, -0.05) is 0 Å². The van der Waals surface area contributed by atoms with E-state index < -0.39 is 0 Å². The van der Waals surface area contributed by atoms with Crippen molar-refractivity contribution in [1.29, 1.82) is 0 Å². The molecule has 0 fully saturated rings. The topological polar surface area (TPSA) is 37.3 Å². The Kier molecular flexibility index (Phi) is 20.5. The average Bonchev–Trinajstić information content (AvgIpc) is 0.918. The normalized spacial score (nSPS) is 3.00. The van der Waals surface area contributed by atoms with Gasteiger partial charge in [-0.25, -0.2) is 0 Å². The van der Waals surface area contributed by atoms with Gasteiger partial charge in [0.05, 0.1) is 0 Å². The van der Waals surface area contributed by atoms with Crippen LogP contribution in [0.15, 0.2) is 0 Å². The van der Waals surface area contributed by atoms with E-state index in [0.717, 1.165) is 0 Å². The third-order valence-electron chi connectivity index (χ3n) is 0. The molecule has 0 amide bonds. The van der Waals surface area contributed by atoms with Crippen molar-refractivity contribution in [2.45, 2.75) is 0 Å². The van der Waals surface area contributed by atoms with Crippen molar-refractivity contribution >= 4 is 6.47 Å². The molecular formula is CH2HoO2. The van der Waals surface area contributed by atoms with Crippen molar-refractivity contribution in [2.75, 3.05) is 0 Å². The van der Waals surface area contributed by atoms with Crippen molar-refractivity contribution in [3.05, 3.63) is 0 Å². The van der Waals surface area contributed by atoms with Crippen molar-refractivity contribution in [1.82, 2.24) is 0 Å². The summed E-state index contributed by atoms with van der Waals surface area (Å²) >= 11 is 0. The minimum atomic E-state index is -0.250. The monoisotopic (exact) mass is 211 g/mol. The van der Waals surface area contributed by atoms with Crippen molar-refractivity contribution in [2.24, 2.45) is 0 Å². The van der Waals surface area contributed by atoms with Gasteiger partial charge in [0.25, 0.3) is 6.47 Å². The molecule has 0 aromatic heterocycles. The van der Waals surface area contributed by atoms with Crippen LogP contribution in [0, 0.1) is 37.7 Å². The first-order valence-corrected chi connectivity index (χ1v) is 0.494. The van der Waals surface area contributed by atoms with Gasteiger partial charge in [0.2, 0.25) is 0 Å². The van der Waals surface area contributed by atoms with Crippen LogP contribution in [-0.2, 0) is 4.79 Å². The van der Waals surface area contributed by atoms with Crippen LogP contribution in [-0.4, -0.2) is 11.6 Å². The molecule has 1 radical (unpaired) electrons. The van der Waals surface area contributed by atoms with Crippen LogP contribution in [0.5, 0.6) is 0 Å². The molecule has 0 spiro atoms. The maximum atomic E-state index is 8.36. The number of rotatable bonds is 0. The van der Waals surface area contributed by atoms with Crippen LogP contribution in [0.4, 0.5) is 0 Å². The zero-order chi connectivity index (χ0) is 2.71. The summed E-state index contributed by atoms with van der Waals surface area (Å²) in [5, 5.41) is 6.89. The zero-order valence-electron chi connectivity index (χ0n) is 1.73. The molecule has 1 N–H and O–H groups in total. The first kappa shape index (κ1) is 8.83. The van der Waals surface area contributed by atoms with E-state index in [9.17, 15) is 0 Å². The van der Waals surface area contributed by atoms with E-state index in [0.29, 0.717) is 0 Å². The standard InChI is InChI=1S/CH2O2.Ho/c2-1-3;/h1H,(H,2,3);. The molecule has 0 saturated heterocycles. The fourth-order valence-electron chi connectivity index (χ4n) is 0. The summed E-state index contributed by atoms with van der Waals surface area (Å²) in [6, 6.07) is 0. The van der Waals surface area contributed by atoms with Gasteiger partial charge >= 0.3 is 0 Å². The molecule has 3 heteroatoms. The molecule has 0 bridgehead atoms. The minimum absolute atomic E-state index is 0. The van der Waals surface area contributed by atoms with E-state index in [1.165, 1.54) is 0 Å². The van der Waals surface area contributed by atoms with Crippen molar-refractivity contribution in [3.8, 4) is 0 Å². The Hall–Kier alpha value is 0.730. The smallest absolute Gasteiger partial charge is 0.290 e. The van der Waals surface area contributed by atoms with Crippen molar-refractivity contribution < 1.29 is 47.6 Å². The molecule has 4 heavy (non-hydrogen) atoms. The Balaban J connectivity index is 0. The number of carbonyl (C=O) groups is 1. The molecule has 0 aromatic carbocycles. The number of carboxylic acid groups (broad SMARTS) is 1. The predicted molar refractivity (Wildman–Crippen MR) is 8.69 cm³/mol. The van der Waals surface area contributed by atoms with Crippen LogP contribution < -0.4 is 0 Å². The third kappa shape index (κ3) is 15.3. The van der Waals surface area contributed by atoms with Crippen LogP contribution in [0.25, 0.3) is 0 Å². The van der Waals surface area contributed by atoms with E-state index in [1.54, 1.807) is 0 Å². The van der Waals surface area contributed by atoms with Gasteiger partial charge in [0.1, 0.15) is 0 Å². The first-order valence-electron chi connectivity index (χ1n) is 0.494. The molecule has 0 aliphatic heterocycles. The first-order chi connectivity index (χ1) is 1.41. The maximum Gasteiger partial charge on any atom is 0.290 e. The SMILES string of the molecule is O=CO.[Ho]. The second-order valence-corrected chi connectivity index (χ2v) is 0.105. The zero-order valence-corrected chi connectivity index (χ0v) is 3.67. The fraction of sp³-hybridized carbons (Fsp3) is 0. The molecule has 0 aromatic rings. The largest absolute Gasteiger partial charge is 0.483 e. The van der Waals surface area contributed by atoms with Gasteiger partial charge in [0.15, 0.2) is 0 Å². The van der Waals surface area contributed by atoms with Crippen LogP contribution in [0.1, 0.15) is 0 Å². The van der Waals surface area contributed by atoms with E-state index >= 15 is 0 Å². The maximum absolute atomic E-state index is 8.36. The van der Waals surface area contributed by atoms with E-state index in [1.807, 2.05) is 0 Å². The summed E-state index contributed by atoms with van der Waals surface area (Å²) in [4.78, 5) is 8.36. The summed E-state index contributed by atoms with van der Waals surface area (Å²) in [6.07, 6.45) is 0. The Morgan fingerprint density at radius 1 is 1.75 bits per heavy atom. The Labute approximate surface area is 53.8 Å². The molecule has 0 aliphatic carbocycles. The van der Waals surface area contributed by atoms with Gasteiger partial charge in [-0.3, -0.25) is 4.79 Å². The molecule has 0 unspecified atom stereocenters. The quantitative estimate of drug-likeness (QED) is 0.441. The van der Waals surface area contributed by atoms with E-state index in [4.69, 9.17) is 9.90 Å². The van der Waals surface area contributed by atoms with E-state index in [2.05, 4.69) is 0 Å². The Morgan fingerprint density at radius 2 is 1.75 bits per heavy atom. The fourth-order valence-corrected chi connectivity index (χ4v) is 0. The molecule has 2 nitrogen and oxygen atoms in total. The summed E-state index contributed by atoms with van der Waals surface area (Å²) in [6.45, 7) is -0.250. The second-order valence-electron chi connectivity index (χ2n) is 0.105. The molecule has 0 saturated carbocycles. The summed E-state index contributed by atoms with van der Waals surface area (Å²) in [5.74, 6) is 0. The van der Waals surface area contributed by atoms with Gasteiger partial charge in [-0.2, -0.15) is 0 Å². The predicted octanol–water partition coefficient (Wildman–Crippen LogP) is -0.299. The van der Waals surface area contributed by atoms with Crippen LogP contribution in [0.2, 0.25) is 0 Å². The van der Waals surface area contributed by atoms with Crippen LogP contribution in [0.3, 0.4) is 0 Å². The third-order valence-corrected chi connectivity index (χ3v) is 0.